The lowest BCUT2D eigenvalue weighted by molar-refractivity contribution is -0.861. The maximum absolute atomic E-state index is 11.4. The quantitative estimate of drug-likeness (QED) is 0.320. The third-order valence-electron chi connectivity index (χ3n) is 5.28. The summed E-state index contributed by atoms with van der Waals surface area (Å²) in [4.78, 5) is 16.2. The van der Waals surface area contributed by atoms with Gasteiger partial charge in [-0.15, -0.1) is 0 Å². The van der Waals surface area contributed by atoms with Crippen molar-refractivity contribution in [3.8, 4) is 0 Å². The zero-order chi connectivity index (χ0) is 17.8. The summed E-state index contributed by atoms with van der Waals surface area (Å²) in [7, 11) is 0. The molecule has 1 heterocycles. The number of likely N-dealkylation sites (N-methyl/N-ethyl adjacent to an activating group) is 1. The standard InChI is InChI=1S/C20H37N3O/c1-5-7-8-9-10-11-12-13-14-15-20-21-16-17-23(20,6-2)18(3)22-19(4)24/h5,7,18H,6,8-17H2,1-4H3/p+1/b7-5+. The summed E-state index contributed by atoms with van der Waals surface area (Å²) >= 11 is 0. The fraction of sp³-hybridized carbons (Fsp3) is 0.800. The number of quaternary nitrogens is 1. The van der Waals surface area contributed by atoms with Crippen LogP contribution in [0.1, 0.15) is 79.1 Å². The van der Waals surface area contributed by atoms with Crippen LogP contribution in [0.15, 0.2) is 17.1 Å². The number of nitrogens with zero attached hydrogens (tertiary/aromatic N) is 2. The van der Waals surface area contributed by atoms with Gasteiger partial charge in [-0.25, -0.2) is 4.99 Å². The zero-order valence-electron chi connectivity index (χ0n) is 16.3. The molecule has 1 N–H and O–H groups in total. The van der Waals surface area contributed by atoms with Gasteiger partial charge in [-0.1, -0.05) is 37.8 Å². The van der Waals surface area contributed by atoms with Gasteiger partial charge in [0.2, 0.25) is 5.91 Å². The van der Waals surface area contributed by atoms with Crippen molar-refractivity contribution in [1.29, 1.82) is 0 Å². The number of unbranched alkanes of at least 4 members (excludes halogenated alkanes) is 6. The zero-order valence-corrected chi connectivity index (χ0v) is 16.3. The van der Waals surface area contributed by atoms with E-state index < -0.39 is 0 Å². The van der Waals surface area contributed by atoms with E-state index in [-0.39, 0.29) is 12.1 Å². The van der Waals surface area contributed by atoms with Crippen LogP contribution in [-0.2, 0) is 4.79 Å². The maximum atomic E-state index is 11.4. The largest absolute Gasteiger partial charge is 0.307 e. The van der Waals surface area contributed by atoms with E-state index in [9.17, 15) is 4.79 Å². The lowest BCUT2D eigenvalue weighted by Gasteiger charge is -2.39. The molecule has 4 heteroatoms. The van der Waals surface area contributed by atoms with E-state index in [2.05, 4.69) is 38.2 Å². The molecule has 0 spiro atoms. The molecule has 138 valence electrons. The average molecular weight is 337 g/mol. The number of hydrogen-bond acceptors (Lipinski definition) is 2. The summed E-state index contributed by atoms with van der Waals surface area (Å²) in [6.45, 7) is 11.0. The fourth-order valence-corrected chi connectivity index (χ4v) is 3.80. The van der Waals surface area contributed by atoms with E-state index in [1.807, 2.05) is 0 Å². The third-order valence-corrected chi connectivity index (χ3v) is 5.28. The van der Waals surface area contributed by atoms with Crippen molar-refractivity contribution in [2.75, 3.05) is 19.6 Å². The predicted octanol–water partition coefficient (Wildman–Crippen LogP) is 4.41. The van der Waals surface area contributed by atoms with Crippen LogP contribution in [0.25, 0.3) is 0 Å². The molecule has 0 fully saturated rings. The number of allylic oxidation sites excluding steroid dienone is 2. The van der Waals surface area contributed by atoms with Gasteiger partial charge in [0.05, 0.1) is 13.1 Å². The molecule has 0 aromatic carbocycles. The Kier molecular flexibility index (Phi) is 9.92. The summed E-state index contributed by atoms with van der Waals surface area (Å²) in [5.41, 5.74) is 0. The number of amides is 1. The van der Waals surface area contributed by atoms with Gasteiger partial charge in [0.25, 0.3) is 0 Å². The van der Waals surface area contributed by atoms with E-state index in [1.54, 1.807) is 6.92 Å². The first-order valence-electron chi connectivity index (χ1n) is 9.85. The van der Waals surface area contributed by atoms with Crippen molar-refractivity contribution in [3.63, 3.8) is 0 Å². The molecule has 0 aromatic rings. The van der Waals surface area contributed by atoms with Gasteiger partial charge < -0.3 is 5.32 Å². The summed E-state index contributed by atoms with van der Waals surface area (Å²) in [5.74, 6) is 1.35. The van der Waals surface area contributed by atoms with E-state index in [0.29, 0.717) is 0 Å². The van der Waals surface area contributed by atoms with Gasteiger partial charge in [-0.3, -0.25) is 9.28 Å². The van der Waals surface area contributed by atoms with E-state index in [0.717, 1.165) is 30.5 Å². The molecule has 2 atom stereocenters. The highest BCUT2D eigenvalue weighted by Gasteiger charge is 2.41. The monoisotopic (exact) mass is 336 g/mol. The Hall–Kier alpha value is -1.16. The highest BCUT2D eigenvalue weighted by Crippen LogP contribution is 2.23. The Balaban J connectivity index is 2.31. The topological polar surface area (TPSA) is 41.5 Å². The Morgan fingerprint density at radius 3 is 2.54 bits per heavy atom. The maximum Gasteiger partial charge on any atom is 0.221 e. The molecule has 0 radical (unpaired) electrons. The molecular weight excluding hydrogens is 298 g/mol. The van der Waals surface area contributed by atoms with Gasteiger partial charge in [0, 0.05) is 20.3 Å². The first-order valence-corrected chi connectivity index (χ1v) is 9.85. The molecule has 1 aliphatic rings. The van der Waals surface area contributed by atoms with Gasteiger partial charge in [0.1, 0.15) is 6.54 Å². The number of carbonyl (C=O) groups is 1. The molecule has 0 bridgehead atoms. The highest BCUT2D eigenvalue weighted by atomic mass is 16.1. The van der Waals surface area contributed by atoms with Crippen LogP contribution in [0.3, 0.4) is 0 Å². The van der Waals surface area contributed by atoms with Crippen molar-refractivity contribution in [1.82, 2.24) is 5.32 Å². The van der Waals surface area contributed by atoms with Gasteiger partial charge in [-0.2, -0.15) is 0 Å². The van der Waals surface area contributed by atoms with Crippen molar-refractivity contribution in [2.45, 2.75) is 85.2 Å². The molecule has 24 heavy (non-hydrogen) atoms. The van der Waals surface area contributed by atoms with Crippen molar-refractivity contribution in [3.05, 3.63) is 12.2 Å². The molecule has 0 aliphatic carbocycles. The third kappa shape index (κ3) is 6.39. The lowest BCUT2D eigenvalue weighted by Crippen LogP contribution is -2.62. The Bertz CT molecular complexity index is 431. The molecule has 2 unspecified atom stereocenters. The number of amidine groups is 1. The molecule has 0 aromatic heterocycles. The number of hydrogen-bond donors (Lipinski definition) is 1. The fourth-order valence-electron chi connectivity index (χ4n) is 3.80. The molecule has 1 aliphatic heterocycles. The van der Waals surface area contributed by atoms with Crippen LogP contribution in [0, 0.1) is 0 Å². The summed E-state index contributed by atoms with van der Waals surface area (Å²) in [5, 5.41) is 3.09. The minimum absolute atomic E-state index is 0.0533. The second-order valence-electron chi connectivity index (χ2n) is 6.98. The van der Waals surface area contributed by atoms with E-state index >= 15 is 0 Å². The van der Waals surface area contributed by atoms with Gasteiger partial charge in [-0.05, 0) is 33.1 Å². The van der Waals surface area contributed by atoms with Crippen LogP contribution in [-0.4, -0.2) is 42.0 Å². The van der Waals surface area contributed by atoms with Crippen molar-refractivity contribution < 1.29 is 9.28 Å². The number of carbonyl (C=O) groups excluding carboxylic acids is 1. The highest BCUT2D eigenvalue weighted by molar-refractivity contribution is 5.78. The van der Waals surface area contributed by atoms with Crippen LogP contribution >= 0.6 is 0 Å². The number of nitrogens with one attached hydrogen (secondary N) is 1. The van der Waals surface area contributed by atoms with Crippen LogP contribution in [0.2, 0.25) is 0 Å². The molecule has 0 saturated carbocycles. The summed E-state index contributed by atoms with van der Waals surface area (Å²) in [6, 6.07) is 0. The lowest BCUT2D eigenvalue weighted by atomic mass is 10.1. The Morgan fingerprint density at radius 2 is 1.92 bits per heavy atom. The first-order chi connectivity index (χ1) is 11.6. The van der Waals surface area contributed by atoms with Gasteiger partial charge >= 0.3 is 0 Å². The van der Waals surface area contributed by atoms with E-state index in [4.69, 9.17) is 4.99 Å². The minimum atomic E-state index is 0.0533. The second kappa shape index (κ2) is 11.4. The second-order valence-corrected chi connectivity index (χ2v) is 6.98. The summed E-state index contributed by atoms with van der Waals surface area (Å²) in [6.07, 6.45) is 14.7. The molecule has 4 nitrogen and oxygen atoms in total. The van der Waals surface area contributed by atoms with Crippen LogP contribution < -0.4 is 5.32 Å². The molecule has 1 rings (SSSR count). The first kappa shape index (κ1) is 20.9. The normalized spacial score (nSPS) is 21.9. The number of rotatable bonds is 12. The minimum Gasteiger partial charge on any atom is -0.307 e. The number of aliphatic imine (C=N–C) groups is 1. The van der Waals surface area contributed by atoms with Crippen LogP contribution in [0.5, 0.6) is 0 Å². The average Bonchev–Trinajstić information content (AvgIpc) is 2.97. The van der Waals surface area contributed by atoms with Crippen LogP contribution in [0.4, 0.5) is 0 Å². The SMILES string of the molecule is C/C=C/CCCCCCCCC1=NCC[N+]1(CC)C(C)NC(C)=O. The van der Waals surface area contributed by atoms with E-state index in [1.165, 1.54) is 50.8 Å². The van der Waals surface area contributed by atoms with Crippen molar-refractivity contribution in [2.24, 2.45) is 4.99 Å². The Labute approximate surface area is 149 Å². The Morgan fingerprint density at radius 1 is 1.25 bits per heavy atom. The molecular formula is C20H38N3O+. The van der Waals surface area contributed by atoms with Crippen molar-refractivity contribution >= 4 is 11.7 Å². The smallest absolute Gasteiger partial charge is 0.221 e. The molecule has 1 amide bonds. The summed E-state index contributed by atoms with van der Waals surface area (Å²) < 4.78 is 0.850. The predicted molar refractivity (Wildman–Crippen MR) is 103 cm³/mol. The molecule has 0 saturated heterocycles. The van der Waals surface area contributed by atoms with Gasteiger partial charge in [0.15, 0.2) is 12.0 Å².